The average Bonchev–Trinajstić information content (AvgIpc) is 3.02. The molecule has 0 spiro atoms. The van der Waals surface area contributed by atoms with Crippen LogP contribution >= 0.6 is 11.3 Å². The van der Waals surface area contributed by atoms with Gasteiger partial charge >= 0.3 is 5.97 Å². The van der Waals surface area contributed by atoms with Crippen LogP contribution in [-0.4, -0.2) is 28.7 Å². The number of carbonyl (C=O) groups is 1. The fourth-order valence-electron chi connectivity index (χ4n) is 2.10. The van der Waals surface area contributed by atoms with E-state index in [0.29, 0.717) is 11.5 Å². The number of hydrogen-bond acceptors (Lipinski definition) is 5. The molecule has 3 rings (SSSR count). The van der Waals surface area contributed by atoms with Crippen LogP contribution in [0.15, 0.2) is 29.8 Å². The molecular weight excluding hydrogens is 264 g/mol. The number of aromatic nitrogens is 1. The SMILES string of the molecule is O=C(O)c1ncsc1NCC1Cc2ccccc2O1. The van der Waals surface area contributed by atoms with E-state index < -0.39 is 5.97 Å². The van der Waals surface area contributed by atoms with E-state index in [9.17, 15) is 4.79 Å². The molecule has 0 bridgehead atoms. The monoisotopic (exact) mass is 276 g/mol. The van der Waals surface area contributed by atoms with E-state index in [1.54, 1.807) is 0 Å². The Balaban J connectivity index is 1.63. The average molecular weight is 276 g/mol. The summed E-state index contributed by atoms with van der Waals surface area (Å²) in [4.78, 5) is 14.7. The van der Waals surface area contributed by atoms with Crippen molar-refractivity contribution in [1.82, 2.24) is 4.98 Å². The smallest absolute Gasteiger partial charge is 0.357 e. The van der Waals surface area contributed by atoms with Crippen LogP contribution in [0.1, 0.15) is 16.1 Å². The summed E-state index contributed by atoms with van der Waals surface area (Å²) in [6, 6.07) is 7.93. The molecule has 1 aliphatic rings. The first kappa shape index (κ1) is 12.0. The second-order valence-corrected chi connectivity index (χ2v) is 5.12. The van der Waals surface area contributed by atoms with Gasteiger partial charge in [0.05, 0.1) is 12.1 Å². The highest BCUT2D eigenvalue weighted by Gasteiger charge is 2.23. The zero-order chi connectivity index (χ0) is 13.2. The number of anilines is 1. The minimum Gasteiger partial charge on any atom is -0.488 e. The molecule has 1 aromatic heterocycles. The zero-order valence-electron chi connectivity index (χ0n) is 10.00. The van der Waals surface area contributed by atoms with Gasteiger partial charge in [0.2, 0.25) is 0 Å². The van der Waals surface area contributed by atoms with E-state index in [0.717, 1.165) is 12.2 Å². The normalized spacial score (nSPS) is 16.7. The van der Waals surface area contributed by atoms with Gasteiger partial charge in [0.1, 0.15) is 16.9 Å². The first-order valence-corrected chi connectivity index (χ1v) is 6.77. The van der Waals surface area contributed by atoms with E-state index in [2.05, 4.69) is 10.3 Å². The molecule has 1 unspecified atom stereocenters. The first-order chi connectivity index (χ1) is 9.24. The number of aromatic carboxylic acids is 1. The van der Waals surface area contributed by atoms with Gasteiger partial charge in [0.15, 0.2) is 5.69 Å². The van der Waals surface area contributed by atoms with Crippen molar-refractivity contribution in [3.8, 4) is 5.75 Å². The molecule has 0 saturated heterocycles. The Morgan fingerprint density at radius 2 is 2.37 bits per heavy atom. The minimum absolute atomic E-state index is 0.0288. The third kappa shape index (κ3) is 2.39. The minimum atomic E-state index is -1.01. The van der Waals surface area contributed by atoms with Crippen molar-refractivity contribution >= 4 is 22.3 Å². The summed E-state index contributed by atoms with van der Waals surface area (Å²) < 4.78 is 5.78. The molecule has 0 amide bonds. The molecule has 0 fully saturated rings. The quantitative estimate of drug-likeness (QED) is 0.896. The lowest BCUT2D eigenvalue weighted by molar-refractivity contribution is 0.0692. The van der Waals surface area contributed by atoms with E-state index in [1.807, 2.05) is 24.3 Å². The predicted molar refractivity (Wildman–Crippen MR) is 72.1 cm³/mol. The summed E-state index contributed by atoms with van der Waals surface area (Å²) in [6.07, 6.45) is 0.867. The molecule has 0 saturated carbocycles. The van der Waals surface area contributed by atoms with E-state index in [-0.39, 0.29) is 11.8 Å². The van der Waals surface area contributed by atoms with Crippen LogP contribution in [0.25, 0.3) is 0 Å². The van der Waals surface area contributed by atoms with Crippen LogP contribution in [0.3, 0.4) is 0 Å². The van der Waals surface area contributed by atoms with Gasteiger partial charge in [-0.15, -0.1) is 11.3 Å². The van der Waals surface area contributed by atoms with Gasteiger partial charge in [0, 0.05) is 6.42 Å². The lowest BCUT2D eigenvalue weighted by atomic mass is 10.1. The van der Waals surface area contributed by atoms with Crippen LogP contribution in [0.5, 0.6) is 5.75 Å². The van der Waals surface area contributed by atoms with Gasteiger partial charge in [-0.1, -0.05) is 18.2 Å². The molecule has 1 aliphatic heterocycles. The summed E-state index contributed by atoms with van der Waals surface area (Å²) in [5.41, 5.74) is 2.79. The van der Waals surface area contributed by atoms with Crippen molar-refractivity contribution in [2.45, 2.75) is 12.5 Å². The standard InChI is InChI=1S/C13H12N2O3S/c16-13(17)11-12(19-7-15-11)14-6-9-5-8-3-1-2-4-10(8)18-9/h1-4,7,9,14H,5-6H2,(H,16,17). The third-order valence-corrected chi connectivity index (χ3v) is 3.76. The van der Waals surface area contributed by atoms with Crippen molar-refractivity contribution < 1.29 is 14.6 Å². The van der Waals surface area contributed by atoms with Crippen LogP contribution in [0, 0.1) is 0 Å². The first-order valence-electron chi connectivity index (χ1n) is 5.89. The van der Waals surface area contributed by atoms with Gasteiger partial charge in [-0.05, 0) is 11.6 Å². The zero-order valence-corrected chi connectivity index (χ0v) is 10.8. The fraction of sp³-hybridized carbons (Fsp3) is 0.231. The fourth-order valence-corrected chi connectivity index (χ4v) is 2.78. The molecule has 5 nitrogen and oxygen atoms in total. The van der Waals surface area contributed by atoms with E-state index in [1.165, 1.54) is 22.4 Å². The molecule has 2 aromatic rings. The summed E-state index contributed by atoms with van der Waals surface area (Å²) in [5.74, 6) is -0.101. The maximum Gasteiger partial charge on any atom is 0.357 e. The Morgan fingerprint density at radius 3 is 3.16 bits per heavy atom. The number of hydrogen-bond donors (Lipinski definition) is 2. The van der Waals surface area contributed by atoms with Crippen molar-refractivity contribution in [2.24, 2.45) is 0 Å². The Kier molecular flexibility index (Phi) is 3.08. The molecule has 1 aromatic carbocycles. The maximum absolute atomic E-state index is 10.9. The van der Waals surface area contributed by atoms with Crippen molar-refractivity contribution in [3.63, 3.8) is 0 Å². The number of carboxylic acids is 1. The second-order valence-electron chi connectivity index (χ2n) is 4.27. The molecule has 2 N–H and O–H groups in total. The number of para-hydroxylation sites is 1. The summed E-state index contributed by atoms with van der Waals surface area (Å²) >= 11 is 1.29. The molecular formula is C13H12N2O3S. The number of benzene rings is 1. The van der Waals surface area contributed by atoms with Gasteiger partial charge in [-0.3, -0.25) is 0 Å². The molecule has 1 atom stereocenters. The number of rotatable bonds is 4. The number of ether oxygens (including phenoxy) is 1. The van der Waals surface area contributed by atoms with Gasteiger partial charge < -0.3 is 15.2 Å². The maximum atomic E-state index is 10.9. The molecule has 6 heteroatoms. The topological polar surface area (TPSA) is 71.5 Å². The summed E-state index contributed by atoms with van der Waals surface area (Å²) in [6.45, 7) is 0.567. The van der Waals surface area contributed by atoms with Crippen LogP contribution < -0.4 is 10.1 Å². The summed E-state index contributed by atoms with van der Waals surface area (Å²) in [5, 5.41) is 12.6. The Labute approximate surface area is 113 Å². The van der Waals surface area contributed by atoms with Crippen LogP contribution in [0.2, 0.25) is 0 Å². The highest BCUT2D eigenvalue weighted by Crippen LogP contribution is 2.28. The number of carboxylic acid groups (broad SMARTS) is 1. The lowest BCUT2D eigenvalue weighted by Crippen LogP contribution is -2.24. The molecule has 19 heavy (non-hydrogen) atoms. The second kappa shape index (κ2) is 4.89. The number of nitrogens with zero attached hydrogens (tertiary/aromatic N) is 1. The third-order valence-electron chi connectivity index (χ3n) is 2.97. The van der Waals surface area contributed by atoms with Crippen molar-refractivity contribution in [3.05, 3.63) is 41.0 Å². The van der Waals surface area contributed by atoms with E-state index >= 15 is 0 Å². The Morgan fingerprint density at radius 1 is 1.53 bits per heavy atom. The number of fused-ring (bicyclic) bond motifs is 1. The van der Waals surface area contributed by atoms with Gasteiger partial charge in [0.25, 0.3) is 0 Å². The predicted octanol–water partition coefficient (Wildman–Crippen LogP) is 2.26. The Hall–Kier alpha value is -2.08. The molecule has 0 aliphatic carbocycles. The van der Waals surface area contributed by atoms with Crippen LogP contribution in [0.4, 0.5) is 5.00 Å². The number of thiazole rings is 1. The molecule has 0 radical (unpaired) electrons. The lowest BCUT2D eigenvalue weighted by Gasteiger charge is -2.11. The largest absolute Gasteiger partial charge is 0.488 e. The van der Waals surface area contributed by atoms with Gasteiger partial charge in [-0.2, -0.15) is 0 Å². The van der Waals surface area contributed by atoms with Crippen molar-refractivity contribution in [2.75, 3.05) is 11.9 Å². The molecule has 98 valence electrons. The highest BCUT2D eigenvalue weighted by atomic mass is 32.1. The van der Waals surface area contributed by atoms with Crippen LogP contribution in [-0.2, 0) is 6.42 Å². The summed E-state index contributed by atoms with van der Waals surface area (Å²) in [7, 11) is 0. The highest BCUT2D eigenvalue weighted by molar-refractivity contribution is 7.14. The van der Waals surface area contributed by atoms with Gasteiger partial charge in [-0.25, -0.2) is 9.78 Å². The Bertz CT molecular complexity index is 586. The van der Waals surface area contributed by atoms with Crippen molar-refractivity contribution in [1.29, 1.82) is 0 Å². The molecule has 2 heterocycles. The number of nitrogens with one attached hydrogen (secondary N) is 1. The van der Waals surface area contributed by atoms with E-state index in [4.69, 9.17) is 9.84 Å².